The molecule has 29 heavy (non-hydrogen) atoms. The number of rotatable bonds is 7. The molecule has 0 spiro atoms. The van der Waals surface area contributed by atoms with E-state index in [0.29, 0.717) is 18.8 Å². The van der Waals surface area contributed by atoms with Crippen molar-refractivity contribution in [3.8, 4) is 0 Å². The number of hydrogen-bond donors (Lipinski definition) is 1. The minimum atomic E-state index is -3.66. The minimum Gasteiger partial charge on any atom is -0.448 e. The Morgan fingerprint density at radius 2 is 2.00 bits per heavy atom. The monoisotopic (exact) mass is 424 g/mol. The summed E-state index contributed by atoms with van der Waals surface area (Å²) in [5.74, 6) is -0.581. The topological polar surface area (TPSA) is 124 Å². The minimum absolute atomic E-state index is 0.0319. The van der Waals surface area contributed by atoms with E-state index in [4.69, 9.17) is 9.26 Å². The summed E-state index contributed by atoms with van der Waals surface area (Å²) in [7, 11) is -2.10. The van der Waals surface area contributed by atoms with Gasteiger partial charge in [-0.2, -0.15) is 4.31 Å². The fourth-order valence-electron chi connectivity index (χ4n) is 3.10. The first-order valence-corrected chi connectivity index (χ1v) is 10.8. The van der Waals surface area contributed by atoms with E-state index in [-0.39, 0.29) is 22.8 Å². The summed E-state index contributed by atoms with van der Waals surface area (Å²) in [6, 6.07) is 2.82. The SMILES string of the molecule is CC[C@H](OC(=O)c1cc(S(=O)(=O)N2CCCC2)cn1C)C(=O)Nc1cc(C)on1. The van der Waals surface area contributed by atoms with Gasteiger partial charge in [0.1, 0.15) is 16.3 Å². The number of anilines is 1. The molecule has 0 bridgehead atoms. The van der Waals surface area contributed by atoms with E-state index in [2.05, 4.69) is 10.5 Å². The van der Waals surface area contributed by atoms with E-state index in [1.165, 1.54) is 21.1 Å². The van der Waals surface area contributed by atoms with Gasteiger partial charge in [-0.3, -0.25) is 4.79 Å². The fourth-order valence-corrected chi connectivity index (χ4v) is 4.69. The summed E-state index contributed by atoms with van der Waals surface area (Å²) in [4.78, 5) is 25.0. The molecule has 1 fully saturated rings. The first-order valence-electron chi connectivity index (χ1n) is 9.34. The molecule has 1 amide bonds. The number of aryl methyl sites for hydroxylation is 2. The molecular weight excluding hydrogens is 400 g/mol. The molecule has 0 aromatic carbocycles. The van der Waals surface area contributed by atoms with Crippen LogP contribution >= 0.6 is 0 Å². The lowest BCUT2D eigenvalue weighted by atomic mass is 10.2. The molecule has 1 atom stereocenters. The molecule has 11 heteroatoms. The van der Waals surface area contributed by atoms with Gasteiger partial charge in [0.2, 0.25) is 10.0 Å². The molecule has 158 valence electrons. The number of amides is 1. The van der Waals surface area contributed by atoms with Crippen LogP contribution in [0.4, 0.5) is 5.82 Å². The van der Waals surface area contributed by atoms with Crippen LogP contribution in [0.2, 0.25) is 0 Å². The third kappa shape index (κ3) is 4.51. The van der Waals surface area contributed by atoms with Crippen molar-refractivity contribution in [1.29, 1.82) is 0 Å². The average Bonchev–Trinajstić information content (AvgIpc) is 3.41. The van der Waals surface area contributed by atoms with Gasteiger partial charge in [-0.05, 0) is 32.3 Å². The Kier molecular flexibility index (Phi) is 6.08. The second-order valence-corrected chi connectivity index (χ2v) is 8.84. The molecular formula is C18H24N4O6S. The normalized spacial score (nSPS) is 16.0. The van der Waals surface area contributed by atoms with Crippen LogP contribution in [0.5, 0.6) is 0 Å². The highest BCUT2D eigenvalue weighted by Gasteiger charge is 2.31. The Bertz CT molecular complexity index is 1000. The average molecular weight is 424 g/mol. The number of nitrogens with one attached hydrogen (secondary N) is 1. The Morgan fingerprint density at radius 1 is 1.31 bits per heavy atom. The highest BCUT2D eigenvalue weighted by molar-refractivity contribution is 7.89. The Labute approximate surface area is 168 Å². The van der Waals surface area contributed by atoms with Gasteiger partial charge in [-0.25, -0.2) is 13.2 Å². The van der Waals surface area contributed by atoms with Crippen LogP contribution in [-0.2, 0) is 26.6 Å². The second-order valence-electron chi connectivity index (χ2n) is 6.90. The van der Waals surface area contributed by atoms with E-state index in [1.807, 2.05) is 0 Å². The molecule has 2 aromatic rings. The van der Waals surface area contributed by atoms with Crippen LogP contribution in [0.3, 0.4) is 0 Å². The highest BCUT2D eigenvalue weighted by atomic mass is 32.2. The van der Waals surface area contributed by atoms with Gasteiger partial charge in [0, 0.05) is 32.4 Å². The molecule has 0 saturated carbocycles. The number of nitrogens with zero attached hydrogens (tertiary/aromatic N) is 3. The van der Waals surface area contributed by atoms with E-state index < -0.39 is 28.0 Å². The van der Waals surface area contributed by atoms with Crippen molar-refractivity contribution in [3.05, 3.63) is 29.8 Å². The van der Waals surface area contributed by atoms with Crippen LogP contribution in [-0.4, -0.2) is 53.5 Å². The van der Waals surface area contributed by atoms with Gasteiger partial charge in [-0.15, -0.1) is 0 Å². The van der Waals surface area contributed by atoms with Crippen molar-refractivity contribution in [2.24, 2.45) is 7.05 Å². The predicted octanol–water partition coefficient (Wildman–Crippen LogP) is 1.68. The third-order valence-electron chi connectivity index (χ3n) is 4.68. The maximum atomic E-state index is 12.7. The first kappa shape index (κ1) is 21.1. The van der Waals surface area contributed by atoms with Crippen LogP contribution in [0.1, 0.15) is 42.4 Å². The lowest BCUT2D eigenvalue weighted by molar-refractivity contribution is -0.124. The molecule has 1 aliphatic heterocycles. The first-order chi connectivity index (χ1) is 13.7. The van der Waals surface area contributed by atoms with E-state index in [1.54, 1.807) is 27.0 Å². The summed E-state index contributed by atoms with van der Waals surface area (Å²) in [6.07, 6.45) is 2.19. The van der Waals surface area contributed by atoms with Crippen molar-refractivity contribution in [2.45, 2.75) is 44.1 Å². The zero-order valence-electron chi connectivity index (χ0n) is 16.5. The van der Waals surface area contributed by atoms with Crippen molar-refractivity contribution in [1.82, 2.24) is 14.0 Å². The molecule has 0 radical (unpaired) electrons. The number of carbonyl (C=O) groups excluding carboxylic acids is 2. The van der Waals surface area contributed by atoms with Gasteiger partial charge in [0.05, 0.1) is 0 Å². The molecule has 3 rings (SSSR count). The Balaban J connectivity index is 1.72. The number of hydrogen-bond acceptors (Lipinski definition) is 7. The van der Waals surface area contributed by atoms with Crippen LogP contribution < -0.4 is 5.32 Å². The number of sulfonamides is 1. The van der Waals surface area contributed by atoms with Gasteiger partial charge >= 0.3 is 5.97 Å². The Morgan fingerprint density at radius 3 is 2.59 bits per heavy atom. The molecule has 1 saturated heterocycles. The molecule has 10 nitrogen and oxygen atoms in total. The number of aromatic nitrogens is 2. The molecule has 0 aliphatic carbocycles. The fraction of sp³-hybridized carbons (Fsp3) is 0.500. The van der Waals surface area contributed by atoms with Crippen LogP contribution in [0.25, 0.3) is 0 Å². The maximum Gasteiger partial charge on any atom is 0.355 e. The van der Waals surface area contributed by atoms with E-state index in [9.17, 15) is 18.0 Å². The number of ether oxygens (including phenoxy) is 1. The van der Waals surface area contributed by atoms with E-state index in [0.717, 1.165) is 12.8 Å². The smallest absolute Gasteiger partial charge is 0.355 e. The van der Waals surface area contributed by atoms with Crippen LogP contribution in [0, 0.1) is 6.92 Å². The molecule has 3 heterocycles. The largest absolute Gasteiger partial charge is 0.448 e. The van der Waals surface area contributed by atoms with Gasteiger partial charge < -0.3 is 19.1 Å². The lowest BCUT2D eigenvalue weighted by Gasteiger charge is -2.15. The predicted molar refractivity (Wildman–Crippen MR) is 103 cm³/mol. The second kappa shape index (κ2) is 8.37. The summed E-state index contributed by atoms with van der Waals surface area (Å²) in [5.41, 5.74) is 0.0475. The molecule has 1 N–H and O–H groups in total. The Hall–Kier alpha value is -2.66. The quantitative estimate of drug-likeness (QED) is 0.671. The number of carbonyl (C=O) groups is 2. The maximum absolute atomic E-state index is 12.7. The summed E-state index contributed by atoms with van der Waals surface area (Å²) < 4.78 is 38.4. The third-order valence-corrected chi connectivity index (χ3v) is 6.55. The van der Waals surface area contributed by atoms with Gasteiger partial charge in [0.25, 0.3) is 5.91 Å². The number of esters is 1. The molecule has 2 aromatic heterocycles. The van der Waals surface area contributed by atoms with Crippen LogP contribution in [0.15, 0.2) is 27.7 Å². The van der Waals surface area contributed by atoms with Crippen molar-refractivity contribution < 1.29 is 27.3 Å². The van der Waals surface area contributed by atoms with E-state index >= 15 is 0 Å². The van der Waals surface area contributed by atoms with Crippen molar-refractivity contribution >= 4 is 27.7 Å². The lowest BCUT2D eigenvalue weighted by Crippen LogP contribution is -2.32. The van der Waals surface area contributed by atoms with Crippen molar-refractivity contribution in [2.75, 3.05) is 18.4 Å². The molecule has 1 aliphatic rings. The summed E-state index contributed by atoms with van der Waals surface area (Å²) in [5, 5.41) is 6.19. The summed E-state index contributed by atoms with van der Waals surface area (Å²) >= 11 is 0. The molecule has 0 unspecified atom stereocenters. The summed E-state index contributed by atoms with van der Waals surface area (Å²) in [6.45, 7) is 4.32. The van der Waals surface area contributed by atoms with Gasteiger partial charge in [-0.1, -0.05) is 12.1 Å². The highest BCUT2D eigenvalue weighted by Crippen LogP contribution is 2.23. The zero-order valence-corrected chi connectivity index (χ0v) is 17.4. The standard InChI is InChI=1S/C18H24N4O6S/c1-4-15(17(23)19-16-9-12(2)28-20-16)27-18(24)14-10-13(11-21(14)3)29(25,26)22-7-5-6-8-22/h9-11,15H,4-8H2,1-3H3,(H,19,20,23)/t15-/m0/s1. The van der Waals surface area contributed by atoms with Crippen molar-refractivity contribution in [3.63, 3.8) is 0 Å². The van der Waals surface area contributed by atoms with Gasteiger partial charge in [0.15, 0.2) is 11.9 Å². The zero-order chi connectivity index (χ0) is 21.2.